The van der Waals surface area contributed by atoms with Gasteiger partial charge in [0.15, 0.2) is 0 Å². The minimum Gasteiger partial charge on any atom is -0.394 e. The normalized spacial score (nSPS) is 26.7. The van der Waals surface area contributed by atoms with E-state index in [1.807, 2.05) is 6.92 Å². The van der Waals surface area contributed by atoms with E-state index in [1.54, 1.807) is 0 Å². The number of hydrogen-bond donors (Lipinski definition) is 2. The molecule has 0 aromatic heterocycles. The highest BCUT2D eigenvalue weighted by Crippen LogP contribution is 2.31. The second kappa shape index (κ2) is 2.89. The second-order valence-corrected chi connectivity index (χ2v) is 3.65. The average molecular weight is 143 g/mol. The largest absolute Gasteiger partial charge is 0.394 e. The fourth-order valence-corrected chi connectivity index (χ4v) is 1.71. The first-order chi connectivity index (χ1) is 4.67. The van der Waals surface area contributed by atoms with Gasteiger partial charge in [0.2, 0.25) is 0 Å². The van der Waals surface area contributed by atoms with Crippen LogP contribution >= 0.6 is 0 Å². The SMILES string of the molecule is C[C@](N)(CO)C1CCCC1. The molecule has 0 amide bonds. The average Bonchev–Trinajstić information content (AvgIpc) is 2.38. The Morgan fingerprint density at radius 1 is 1.50 bits per heavy atom. The summed E-state index contributed by atoms with van der Waals surface area (Å²) in [5.41, 5.74) is 5.55. The highest BCUT2D eigenvalue weighted by atomic mass is 16.3. The van der Waals surface area contributed by atoms with Crippen molar-refractivity contribution < 1.29 is 5.11 Å². The summed E-state index contributed by atoms with van der Waals surface area (Å²) >= 11 is 0. The third-order valence-corrected chi connectivity index (χ3v) is 2.63. The van der Waals surface area contributed by atoms with E-state index < -0.39 is 0 Å². The van der Waals surface area contributed by atoms with Gasteiger partial charge in [-0.05, 0) is 25.7 Å². The van der Waals surface area contributed by atoms with Crippen LogP contribution in [-0.2, 0) is 0 Å². The van der Waals surface area contributed by atoms with Crippen LogP contribution in [-0.4, -0.2) is 17.3 Å². The van der Waals surface area contributed by atoms with Crippen LogP contribution < -0.4 is 5.73 Å². The summed E-state index contributed by atoms with van der Waals surface area (Å²) < 4.78 is 0. The number of hydrogen-bond acceptors (Lipinski definition) is 2. The van der Waals surface area contributed by atoms with Crippen LogP contribution in [0.2, 0.25) is 0 Å². The lowest BCUT2D eigenvalue weighted by Crippen LogP contribution is -2.46. The quantitative estimate of drug-likeness (QED) is 0.603. The van der Waals surface area contributed by atoms with Gasteiger partial charge in [-0.1, -0.05) is 12.8 Å². The van der Waals surface area contributed by atoms with Crippen molar-refractivity contribution in [2.24, 2.45) is 11.7 Å². The van der Waals surface area contributed by atoms with Crippen molar-refractivity contribution in [3.05, 3.63) is 0 Å². The van der Waals surface area contributed by atoms with Gasteiger partial charge in [0.1, 0.15) is 0 Å². The smallest absolute Gasteiger partial charge is 0.0611 e. The molecule has 1 aliphatic rings. The maximum atomic E-state index is 8.93. The van der Waals surface area contributed by atoms with Crippen LogP contribution in [0.25, 0.3) is 0 Å². The molecular weight excluding hydrogens is 126 g/mol. The lowest BCUT2D eigenvalue weighted by Gasteiger charge is -2.28. The van der Waals surface area contributed by atoms with Crippen molar-refractivity contribution in [2.75, 3.05) is 6.61 Å². The molecule has 0 aromatic carbocycles. The van der Waals surface area contributed by atoms with E-state index in [0.717, 1.165) is 0 Å². The highest BCUT2D eigenvalue weighted by molar-refractivity contribution is 4.88. The summed E-state index contributed by atoms with van der Waals surface area (Å²) in [6, 6.07) is 0. The molecule has 0 heterocycles. The van der Waals surface area contributed by atoms with Crippen molar-refractivity contribution in [3.63, 3.8) is 0 Å². The summed E-state index contributed by atoms with van der Waals surface area (Å²) in [4.78, 5) is 0. The molecule has 0 radical (unpaired) electrons. The van der Waals surface area contributed by atoms with Gasteiger partial charge in [-0.2, -0.15) is 0 Å². The van der Waals surface area contributed by atoms with Gasteiger partial charge in [0.25, 0.3) is 0 Å². The highest BCUT2D eigenvalue weighted by Gasteiger charge is 2.31. The monoisotopic (exact) mass is 143 g/mol. The minimum absolute atomic E-state index is 0.123. The van der Waals surface area contributed by atoms with Gasteiger partial charge in [0, 0.05) is 5.54 Å². The van der Waals surface area contributed by atoms with Gasteiger partial charge >= 0.3 is 0 Å². The van der Waals surface area contributed by atoms with Crippen molar-refractivity contribution >= 4 is 0 Å². The topological polar surface area (TPSA) is 46.2 Å². The Hall–Kier alpha value is -0.0800. The third kappa shape index (κ3) is 1.50. The van der Waals surface area contributed by atoms with Gasteiger partial charge in [-0.15, -0.1) is 0 Å². The van der Waals surface area contributed by atoms with Crippen LogP contribution in [0.1, 0.15) is 32.6 Å². The lowest BCUT2D eigenvalue weighted by molar-refractivity contribution is 0.156. The first kappa shape index (κ1) is 8.02. The van der Waals surface area contributed by atoms with Crippen molar-refractivity contribution in [1.29, 1.82) is 0 Å². The number of nitrogens with two attached hydrogens (primary N) is 1. The van der Waals surface area contributed by atoms with Crippen LogP contribution in [0.15, 0.2) is 0 Å². The Bertz CT molecular complexity index is 106. The third-order valence-electron chi connectivity index (χ3n) is 2.63. The Morgan fingerprint density at radius 2 is 2.00 bits per heavy atom. The van der Waals surface area contributed by atoms with E-state index in [9.17, 15) is 0 Å². The number of aliphatic hydroxyl groups excluding tert-OH is 1. The summed E-state index contributed by atoms with van der Waals surface area (Å²) in [7, 11) is 0. The zero-order valence-corrected chi connectivity index (χ0v) is 6.64. The molecule has 2 nitrogen and oxygen atoms in total. The standard InChI is InChI=1S/C8H17NO/c1-8(9,6-10)7-4-2-3-5-7/h7,10H,2-6,9H2,1H3/t8-/m0/s1. The van der Waals surface area contributed by atoms with E-state index in [1.165, 1.54) is 25.7 Å². The fraction of sp³-hybridized carbons (Fsp3) is 1.00. The molecule has 60 valence electrons. The zero-order valence-electron chi connectivity index (χ0n) is 6.64. The van der Waals surface area contributed by atoms with E-state index in [0.29, 0.717) is 5.92 Å². The van der Waals surface area contributed by atoms with Gasteiger partial charge in [-0.25, -0.2) is 0 Å². The molecular formula is C8H17NO. The number of aliphatic hydroxyl groups is 1. The molecule has 1 saturated carbocycles. The predicted molar refractivity (Wildman–Crippen MR) is 41.6 cm³/mol. The predicted octanol–water partition coefficient (Wildman–Crippen LogP) is 0.886. The van der Waals surface area contributed by atoms with Crippen LogP contribution in [0.4, 0.5) is 0 Å². The van der Waals surface area contributed by atoms with Gasteiger partial charge < -0.3 is 10.8 Å². The molecule has 0 saturated heterocycles. The molecule has 0 unspecified atom stereocenters. The van der Waals surface area contributed by atoms with E-state index in [2.05, 4.69) is 0 Å². The first-order valence-corrected chi connectivity index (χ1v) is 4.06. The van der Waals surface area contributed by atoms with E-state index >= 15 is 0 Å². The molecule has 1 atom stereocenters. The molecule has 1 rings (SSSR count). The maximum absolute atomic E-state index is 8.93. The second-order valence-electron chi connectivity index (χ2n) is 3.65. The summed E-state index contributed by atoms with van der Waals surface area (Å²) in [5.74, 6) is 0.553. The van der Waals surface area contributed by atoms with Gasteiger partial charge in [0.05, 0.1) is 6.61 Å². The molecule has 0 spiro atoms. The Labute approximate surface area is 62.4 Å². The molecule has 1 aliphatic carbocycles. The van der Waals surface area contributed by atoms with Crippen LogP contribution in [0.3, 0.4) is 0 Å². The fourth-order valence-electron chi connectivity index (χ4n) is 1.71. The first-order valence-electron chi connectivity index (χ1n) is 4.06. The molecule has 0 aromatic rings. The van der Waals surface area contributed by atoms with E-state index in [-0.39, 0.29) is 12.1 Å². The van der Waals surface area contributed by atoms with Crippen LogP contribution in [0.5, 0.6) is 0 Å². The Kier molecular flexibility index (Phi) is 2.32. The zero-order chi connectivity index (χ0) is 7.61. The molecule has 0 aliphatic heterocycles. The van der Waals surface area contributed by atoms with Crippen molar-refractivity contribution in [2.45, 2.75) is 38.1 Å². The van der Waals surface area contributed by atoms with Gasteiger partial charge in [-0.3, -0.25) is 0 Å². The van der Waals surface area contributed by atoms with Crippen LogP contribution in [0, 0.1) is 5.92 Å². The summed E-state index contributed by atoms with van der Waals surface area (Å²) in [6.07, 6.45) is 4.98. The lowest BCUT2D eigenvalue weighted by atomic mass is 9.86. The molecule has 10 heavy (non-hydrogen) atoms. The van der Waals surface area contributed by atoms with Crippen molar-refractivity contribution in [3.8, 4) is 0 Å². The summed E-state index contributed by atoms with van der Waals surface area (Å²) in [5, 5.41) is 8.93. The Balaban J connectivity index is 2.45. The molecule has 3 N–H and O–H groups in total. The maximum Gasteiger partial charge on any atom is 0.0611 e. The van der Waals surface area contributed by atoms with Crippen molar-refractivity contribution in [1.82, 2.24) is 0 Å². The number of rotatable bonds is 2. The molecule has 0 bridgehead atoms. The van der Waals surface area contributed by atoms with E-state index in [4.69, 9.17) is 10.8 Å². The Morgan fingerprint density at radius 3 is 2.40 bits per heavy atom. The molecule has 1 fully saturated rings. The molecule has 2 heteroatoms. The summed E-state index contributed by atoms with van der Waals surface area (Å²) in [6.45, 7) is 2.07. The minimum atomic E-state index is -0.323.